The summed E-state index contributed by atoms with van der Waals surface area (Å²) in [6.07, 6.45) is 0.641. The van der Waals surface area contributed by atoms with E-state index in [1.165, 1.54) is 7.41 Å². The lowest BCUT2D eigenvalue weighted by Crippen LogP contribution is -2.36. The highest BCUT2D eigenvalue weighted by molar-refractivity contribution is 8.77. The Morgan fingerprint density at radius 3 is 2.62 bits per heavy atom. The van der Waals surface area contributed by atoms with E-state index in [0.717, 1.165) is 13.0 Å². The maximum Gasteiger partial charge on any atom is 0.407 e. The fraction of sp³-hybridized carbons (Fsp3) is 0.842. The summed E-state index contributed by atoms with van der Waals surface area (Å²) in [5, 5.41) is 6.10. The van der Waals surface area contributed by atoms with Crippen LogP contribution < -0.4 is 16.3 Å². The number of carbonyl (C=O) groups excluding carboxylic acids is 1. The topological polar surface area (TPSA) is 94.8 Å². The molecule has 7 nitrogen and oxygen atoms in total. The summed E-state index contributed by atoms with van der Waals surface area (Å²) in [5.41, 5.74) is 5.10. The zero-order valence-electron chi connectivity index (χ0n) is 18.8. The van der Waals surface area contributed by atoms with Gasteiger partial charge in [-0.1, -0.05) is 48.3 Å². The van der Waals surface area contributed by atoms with E-state index in [-0.39, 0.29) is 18.0 Å². The van der Waals surface area contributed by atoms with Gasteiger partial charge in [-0.15, -0.1) is 5.82 Å². The van der Waals surface area contributed by atoms with Crippen molar-refractivity contribution < 1.29 is 19.0 Å². The minimum Gasteiger partial charge on any atom is -0.447 e. The number of carbonyl (C=O) groups is 1. The number of ether oxygens (including phenoxy) is 3. The average molecular weight is 448 g/mol. The van der Waals surface area contributed by atoms with E-state index in [4.69, 9.17) is 19.9 Å². The van der Waals surface area contributed by atoms with Crippen LogP contribution in [0.4, 0.5) is 4.79 Å². The number of alkyl carbamates (subject to hydrolysis) is 1. The maximum atomic E-state index is 11.4. The number of amides is 1. The first-order valence-corrected chi connectivity index (χ1v) is 12.3. The van der Waals surface area contributed by atoms with Crippen LogP contribution in [-0.2, 0) is 14.2 Å². The molecule has 0 rings (SSSR count). The van der Waals surface area contributed by atoms with Crippen molar-refractivity contribution in [3.05, 3.63) is 0 Å². The molecular weight excluding hydrogens is 409 g/mol. The van der Waals surface area contributed by atoms with Crippen LogP contribution in [0.2, 0.25) is 0 Å². The van der Waals surface area contributed by atoms with Gasteiger partial charge in [-0.3, -0.25) is 0 Å². The zero-order valence-corrected chi connectivity index (χ0v) is 20.5. The second-order valence-corrected chi connectivity index (χ2v) is 9.23. The van der Waals surface area contributed by atoms with Crippen LogP contribution in [0.3, 0.4) is 0 Å². The normalized spacial score (nSPS) is 11.4. The summed E-state index contributed by atoms with van der Waals surface area (Å²) in [6.45, 7) is 15.3. The molecule has 1 amide bonds. The van der Waals surface area contributed by atoms with Crippen molar-refractivity contribution in [3.8, 4) is 11.7 Å². The van der Waals surface area contributed by atoms with Gasteiger partial charge < -0.3 is 30.5 Å². The molecule has 10 heteroatoms. The molecule has 0 heterocycles. The largest absolute Gasteiger partial charge is 0.447 e. The summed E-state index contributed by atoms with van der Waals surface area (Å²) in [7, 11) is 4.71. The summed E-state index contributed by atoms with van der Waals surface area (Å²) >= 11 is 0. The van der Waals surface area contributed by atoms with Gasteiger partial charge in [0, 0.05) is 23.9 Å². The minimum atomic E-state index is -0.483. The highest BCUT2D eigenvalue weighted by atomic mass is 33.1. The zero-order chi connectivity index (χ0) is 22.4. The molecule has 4 N–H and O–H groups in total. The maximum absolute atomic E-state index is 11.4. The molecule has 0 fully saturated rings. The Morgan fingerprint density at radius 2 is 1.97 bits per heavy atom. The first-order valence-electron chi connectivity index (χ1n) is 10.0. The van der Waals surface area contributed by atoms with E-state index < -0.39 is 6.09 Å². The van der Waals surface area contributed by atoms with E-state index in [0.29, 0.717) is 31.7 Å². The van der Waals surface area contributed by atoms with Crippen molar-refractivity contribution in [1.82, 2.24) is 10.6 Å². The Kier molecular flexibility index (Phi) is 23.4. The van der Waals surface area contributed by atoms with E-state index >= 15 is 0 Å². The molecule has 0 saturated heterocycles. The standard InChI is InChI=1S/C17H33BN3O4S2.C2H6/c1-5-15(2)21-13-17(3,4)27-26-14-24-11-12-25-16(22)20-8-10-23-9-6-7-18-19;1-2/h15,21H,5,8-14,19H2,1-4H3,(H,20,22);1-2H3. The molecule has 0 aromatic carbocycles. The van der Waals surface area contributed by atoms with Gasteiger partial charge in [0.25, 0.3) is 0 Å². The number of hydrogen-bond donors (Lipinski definition) is 3. The summed E-state index contributed by atoms with van der Waals surface area (Å²) < 4.78 is 15.8. The Balaban J connectivity index is 0. The number of hydrogen-bond acceptors (Lipinski definition) is 8. The van der Waals surface area contributed by atoms with Gasteiger partial charge in [0.2, 0.25) is 0 Å². The van der Waals surface area contributed by atoms with Crippen molar-refractivity contribution in [2.75, 3.05) is 45.5 Å². The third kappa shape index (κ3) is 23.6. The molecule has 0 aliphatic heterocycles. The third-order valence-electron chi connectivity index (χ3n) is 3.24. The molecule has 0 aromatic heterocycles. The molecule has 0 spiro atoms. The SMILES string of the molecule is CC.CCC(C)NCC(C)(C)SSCOCCOC(=O)NCCOCC#C[B]N. The fourth-order valence-electron chi connectivity index (χ4n) is 1.56. The van der Waals surface area contributed by atoms with Crippen molar-refractivity contribution in [2.24, 2.45) is 5.64 Å². The Hall–Kier alpha value is -0.565. The second kappa shape index (κ2) is 22.1. The van der Waals surface area contributed by atoms with Crippen LogP contribution in [0.1, 0.15) is 48.0 Å². The fourth-order valence-corrected chi connectivity index (χ4v) is 3.74. The van der Waals surface area contributed by atoms with Crippen molar-refractivity contribution in [1.29, 1.82) is 0 Å². The summed E-state index contributed by atoms with van der Waals surface area (Å²) in [5.74, 6) is 5.80. The summed E-state index contributed by atoms with van der Waals surface area (Å²) in [6, 6.07) is 0.532. The molecule has 0 aromatic rings. The first kappa shape index (κ1) is 30.6. The van der Waals surface area contributed by atoms with Crippen molar-refractivity contribution in [3.63, 3.8) is 0 Å². The quantitative estimate of drug-likeness (QED) is 0.116. The molecule has 1 atom stereocenters. The molecular formula is C19H39BN3O4S2. The van der Waals surface area contributed by atoms with Crippen LogP contribution in [0.15, 0.2) is 0 Å². The predicted octanol–water partition coefficient (Wildman–Crippen LogP) is 2.82. The van der Waals surface area contributed by atoms with Gasteiger partial charge >= 0.3 is 13.5 Å². The van der Waals surface area contributed by atoms with Gasteiger partial charge in [0.05, 0.1) is 13.2 Å². The van der Waals surface area contributed by atoms with Gasteiger partial charge in [-0.2, -0.15) is 0 Å². The van der Waals surface area contributed by atoms with E-state index in [1.54, 1.807) is 21.6 Å². The van der Waals surface area contributed by atoms with Crippen LogP contribution in [0.25, 0.3) is 0 Å². The Labute approximate surface area is 186 Å². The Bertz CT molecular complexity index is 449. The highest BCUT2D eigenvalue weighted by Crippen LogP contribution is 2.35. The Morgan fingerprint density at radius 1 is 1.24 bits per heavy atom. The average Bonchev–Trinajstić information content (AvgIpc) is 2.72. The van der Waals surface area contributed by atoms with Crippen LogP contribution in [0.5, 0.6) is 0 Å². The smallest absolute Gasteiger partial charge is 0.407 e. The van der Waals surface area contributed by atoms with Gasteiger partial charge in [-0.05, 0) is 27.2 Å². The molecule has 1 unspecified atom stereocenters. The summed E-state index contributed by atoms with van der Waals surface area (Å²) in [4.78, 5) is 11.4. The van der Waals surface area contributed by atoms with Crippen molar-refractivity contribution in [2.45, 2.75) is 58.8 Å². The van der Waals surface area contributed by atoms with E-state index in [2.05, 4.69) is 50.1 Å². The lowest BCUT2D eigenvalue weighted by Gasteiger charge is -2.25. The minimum absolute atomic E-state index is 0.129. The number of rotatable bonds is 15. The van der Waals surface area contributed by atoms with Crippen LogP contribution >= 0.6 is 21.6 Å². The number of nitrogens with one attached hydrogen (secondary N) is 2. The van der Waals surface area contributed by atoms with Gasteiger partial charge in [0.15, 0.2) is 0 Å². The van der Waals surface area contributed by atoms with Crippen LogP contribution in [0, 0.1) is 11.7 Å². The van der Waals surface area contributed by atoms with Crippen LogP contribution in [-0.4, -0.2) is 69.8 Å². The molecule has 0 bridgehead atoms. The predicted molar refractivity (Wildman–Crippen MR) is 127 cm³/mol. The van der Waals surface area contributed by atoms with Gasteiger partial charge in [-0.25, -0.2) is 4.79 Å². The highest BCUT2D eigenvalue weighted by Gasteiger charge is 2.19. The molecule has 0 saturated carbocycles. The molecule has 1 radical (unpaired) electrons. The monoisotopic (exact) mass is 448 g/mol. The molecule has 29 heavy (non-hydrogen) atoms. The molecule has 0 aliphatic carbocycles. The molecule has 0 aliphatic rings. The van der Waals surface area contributed by atoms with Crippen molar-refractivity contribution >= 4 is 35.1 Å². The molecule has 169 valence electrons. The second-order valence-electron chi connectivity index (χ2n) is 6.28. The first-order chi connectivity index (χ1) is 13.9. The lowest BCUT2D eigenvalue weighted by molar-refractivity contribution is 0.0908. The third-order valence-corrected chi connectivity index (χ3v) is 6.21. The lowest BCUT2D eigenvalue weighted by atomic mass is 10.0. The van der Waals surface area contributed by atoms with E-state index in [9.17, 15) is 4.79 Å². The van der Waals surface area contributed by atoms with E-state index in [1.807, 2.05) is 13.8 Å². The van der Waals surface area contributed by atoms with Gasteiger partial charge in [0.1, 0.15) is 19.2 Å². The number of nitrogens with two attached hydrogens (primary N) is 1.